The summed E-state index contributed by atoms with van der Waals surface area (Å²) >= 11 is 0. The summed E-state index contributed by atoms with van der Waals surface area (Å²) in [4.78, 5) is 26.9. The zero-order valence-electron chi connectivity index (χ0n) is 15.3. The van der Waals surface area contributed by atoms with Gasteiger partial charge in [0.25, 0.3) is 11.7 Å². The SMILES string of the molecule is Cc1ccc(O)c(N2C(=O)C(=O)/C(=C(\O)c3ccc(F)cc3)C2c2ccco2)c1. The highest BCUT2D eigenvalue weighted by molar-refractivity contribution is 6.51. The Hall–Kier alpha value is -3.87. The number of ketones is 1. The Morgan fingerprint density at radius 3 is 2.48 bits per heavy atom. The van der Waals surface area contributed by atoms with E-state index in [9.17, 15) is 24.2 Å². The molecule has 0 saturated carbocycles. The summed E-state index contributed by atoms with van der Waals surface area (Å²) in [5, 5.41) is 21.1. The number of halogens is 1. The molecule has 1 aromatic heterocycles. The second-order valence-electron chi connectivity index (χ2n) is 6.68. The summed E-state index contributed by atoms with van der Waals surface area (Å²) in [6, 6.07) is 11.6. The lowest BCUT2D eigenvalue weighted by Gasteiger charge is -2.24. The molecule has 6 nitrogen and oxygen atoms in total. The van der Waals surface area contributed by atoms with Gasteiger partial charge < -0.3 is 14.6 Å². The largest absolute Gasteiger partial charge is 0.507 e. The minimum atomic E-state index is -1.09. The molecule has 4 rings (SSSR count). The van der Waals surface area contributed by atoms with Gasteiger partial charge in [-0.3, -0.25) is 14.5 Å². The van der Waals surface area contributed by atoms with Crippen LogP contribution in [0.2, 0.25) is 0 Å². The molecule has 7 heteroatoms. The number of phenolic OH excluding ortho intramolecular Hbond substituents is 1. The van der Waals surface area contributed by atoms with Crippen molar-refractivity contribution < 1.29 is 28.6 Å². The third kappa shape index (κ3) is 3.06. The Bertz CT molecular complexity index is 1130. The van der Waals surface area contributed by atoms with Gasteiger partial charge in [0.15, 0.2) is 0 Å². The lowest BCUT2D eigenvalue weighted by molar-refractivity contribution is -0.132. The van der Waals surface area contributed by atoms with Crippen LogP contribution in [0.5, 0.6) is 5.75 Å². The van der Waals surface area contributed by atoms with E-state index in [1.54, 1.807) is 31.2 Å². The van der Waals surface area contributed by atoms with Crippen molar-refractivity contribution in [2.45, 2.75) is 13.0 Å². The Labute approximate surface area is 165 Å². The molecule has 1 saturated heterocycles. The fourth-order valence-electron chi connectivity index (χ4n) is 3.39. The van der Waals surface area contributed by atoms with Crippen molar-refractivity contribution in [3.05, 3.63) is 89.1 Å². The van der Waals surface area contributed by atoms with Crippen LogP contribution in [0.15, 0.2) is 70.9 Å². The number of anilines is 1. The van der Waals surface area contributed by atoms with Crippen LogP contribution in [0.1, 0.15) is 22.9 Å². The van der Waals surface area contributed by atoms with Gasteiger partial charge >= 0.3 is 0 Å². The van der Waals surface area contributed by atoms with E-state index in [2.05, 4.69) is 0 Å². The third-order valence-electron chi connectivity index (χ3n) is 4.77. The minimum absolute atomic E-state index is 0.117. The maximum absolute atomic E-state index is 13.3. The van der Waals surface area contributed by atoms with Crippen LogP contribution in [0.25, 0.3) is 5.76 Å². The van der Waals surface area contributed by atoms with Crippen molar-refractivity contribution in [2.24, 2.45) is 0 Å². The van der Waals surface area contributed by atoms with Gasteiger partial charge in [0.2, 0.25) is 0 Å². The standard InChI is InChI=1S/C22H16FNO5/c1-12-4-9-16(25)15(11-12)24-19(17-3-2-10-29-17)18(21(27)22(24)28)20(26)13-5-7-14(23)8-6-13/h2-11,19,25-26H,1H3/b20-18-. The molecule has 29 heavy (non-hydrogen) atoms. The van der Waals surface area contributed by atoms with Crippen molar-refractivity contribution in [3.8, 4) is 5.75 Å². The van der Waals surface area contributed by atoms with E-state index in [1.807, 2.05) is 0 Å². The van der Waals surface area contributed by atoms with Crippen molar-refractivity contribution in [3.63, 3.8) is 0 Å². The van der Waals surface area contributed by atoms with Crippen molar-refractivity contribution in [1.82, 2.24) is 0 Å². The number of hydrogen-bond acceptors (Lipinski definition) is 5. The molecule has 1 aliphatic rings. The average molecular weight is 393 g/mol. The Morgan fingerprint density at radius 1 is 1.10 bits per heavy atom. The van der Waals surface area contributed by atoms with Crippen LogP contribution in [0.3, 0.4) is 0 Å². The van der Waals surface area contributed by atoms with E-state index in [-0.39, 0.29) is 28.3 Å². The number of furan rings is 1. The number of benzene rings is 2. The summed E-state index contributed by atoms with van der Waals surface area (Å²) in [5.74, 6) is -2.79. The number of aliphatic hydroxyl groups excluding tert-OH is 1. The number of nitrogens with zero attached hydrogens (tertiary/aromatic N) is 1. The first-order chi connectivity index (χ1) is 13.9. The summed E-state index contributed by atoms with van der Waals surface area (Å²) < 4.78 is 18.7. The number of aryl methyl sites for hydroxylation is 1. The number of carbonyl (C=O) groups excluding carboxylic acids is 2. The molecule has 3 aromatic rings. The maximum Gasteiger partial charge on any atom is 0.300 e. The first kappa shape index (κ1) is 18.5. The number of carbonyl (C=O) groups is 2. The first-order valence-electron chi connectivity index (χ1n) is 8.78. The van der Waals surface area contributed by atoms with Gasteiger partial charge in [-0.2, -0.15) is 0 Å². The number of amides is 1. The fraction of sp³-hybridized carbons (Fsp3) is 0.0909. The van der Waals surface area contributed by atoms with Crippen LogP contribution in [-0.2, 0) is 9.59 Å². The average Bonchev–Trinajstić information content (AvgIpc) is 3.31. The maximum atomic E-state index is 13.3. The quantitative estimate of drug-likeness (QED) is 0.398. The molecule has 146 valence electrons. The minimum Gasteiger partial charge on any atom is -0.507 e. The molecule has 1 amide bonds. The smallest absolute Gasteiger partial charge is 0.300 e. The van der Waals surface area contributed by atoms with E-state index < -0.39 is 29.3 Å². The molecular weight excluding hydrogens is 377 g/mol. The molecule has 0 spiro atoms. The predicted molar refractivity (Wildman–Crippen MR) is 103 cm³/mol. The second-order valence-corrected chi connectivity index (χ2v) is 6.68. The molecule has 1 aliphatic heterocycles. The van der Waals surface area contributed by atoms with Gasteiger partial charge in [0.05, 0.1) is 17.5 Å². The highest BCUT2D eigenvalue weighted by Crippen LogP contribution is 2.45. The summed E-state index contributed by atoms with van der Waals surface area (Å²) in [5.41, 5.74) is 0.843. The molecule has 1 unspecified atom stereocenters. The number of Topliss-reactive ketones (excluding diaryl/α,β-unsaturated/α-hetero) is 1. The van der Waals surface area contributed by atoms with Crippen LogP contribution >= 0.6 is 0 Å². The predicted octanol–water partition coefficient (Wildman–Crippen LogP) is 4.06. The lowest BCUT2D eigenvalue weighted by Crippen LogP contribution is -2.29. The Kier molecular flexibility index (Phi) is 4.43. The van der Waals surface area contributed by atoms with Gasteiger partial charge in [0.1, 0.15) is 29.1 Å². The molecule has 1 atom stereocenters. The summed E-state index contributed by atoms with van der Waals surface area (Å²) in [6.45, 7) is 1.78. The lowest BCUT2D eigenvalue weighted by atomic mass is 9.99. The summed E-state index contributed by atoms with van der Waals surface area (Å²) in [7, 11) is 0. The Balaban J connectivity index is 1.95. The zero-order chi connectivity index (χ0) is 20.7. The highest BCUT2D eigenvalue weighted by atomic mass is 19.1. The van der Waals surface area contributed by atoms with Gasteiger partial charge in [-0.1, -0.05) is 6.07 Å². The second kappa shape index (κ2) is 6.94. The topological polar surface area (TPSA) is 91.0 Å². The molecule has 1 fully saturated rings. The number of aliphatic hydroxyl groups is 1. The van der Waals surface area contributed by atoms with E-state index >= 15 is 0 Å². The van der Waals surface area contributed by atoms with Gasteiger partial charge in [-0.15, -0.1) is 0 Å². The number of aromatic hydroxyl groups is 1. The first-order valence-corrected chi connectivity index (χ1v) is 8.78. The van der Waals surface area contributed by atoms with Crippen LogP contribution in [0.4, 0.5) is 10.1 Å². The fourth-order valence-corrected chi connectivity index (χ4v) is 3.39. The van der Waals surface area contributed by atoms with Crippen molar-refractivity contribution >= 4 is 23.1 Å². The van der Waals surface area contributed by atoms with Crippen LogP contribution in [0, 0.1) is 12.7 Å². The van der Waals surface area contributed by atoms with Crippen molar-refractivity contribution in [1.29, 1.82) is 0 Å². The van der Waals surface area contributed by atoms with Gasteiger partial charge in [0, 0.05) is 5.56 Å². The molecule has 2 N–H and O–H groups in total. The monoisotopic (exact) mass is 393 g/mol. The molecule has 0 bridgehead atoms. The van der Waals surface area contributed by atoms with Crippen molar-refractivity contribution in [2.75, 3.05) is 4.90 Å². The third-order valence-corrected chi connectivity index (χ3v) is 4.77. The van der Waals surface area contributed by atoms with E-state index in [4.69, 9.17) is 4.42 Å². The van der Waals surface area contributed by atoms with E-state index in [1.165, 1.54) is 24.5 Å². The molecule has 2 heterocycles. The zero-order valence-corrected chi connectivity index (χ0v) is 15.3. The molecular formula is C22H16FNO5. The van der Waals surface area contributed by atoms with Gasteiger partial charge in [-0.25, -0.2) is 4.39 Å². The normalized spacial score (nSPS) is 18.4. The molecule has 0 radical (unpaired) electrons. The van der Waals surface area contributed by atoms with Crippen LogP contribution in [-0.4, -0.2) is 21.9 Å². The molecule has 0 aliphatic carbocycles. The number of rotatable bonds is 3. The van der Waals surface area contributed by atoms with Crippen LogP contribution < -0.4 is 4.90 Å². The summed E-state index contributed by atoms with van der Waals surface area (Å²) in [6.07, 6.45) is 1.38. The highest BCUT2D eigenvalue weighted by Gasteiger charge is 2.49. The number of hydrogen-bond donors (Lipinski definition) is 2. The van der Waals surface area contributed by atoms with E-state index in [0.29, 0.717) is 0 Å². The van der Waals surface area contributed by atoms with E-state index in [0.717, 1.165) is 22.6 Å². The number of phenols is 1. The molecule has 2 aromatic carbocycles. The Morgan fingerprint density at radius 2 is 1.83 bits per heavy atom. The van der Waals surface area contributed by atoms with Gasteiger partial charge in [-0.05, 0) is 61.0 Å².